The zero-order valence-electron chi connectivity index (χ0n) is 20.3. The van der Waals surface area contributed by atoms with Crippen molar-refractivity contribution in [3.05, 3.63) is 98.4 Å². The molecule has 0 radical (unpaired) electrons. The molecule has 38 heavy (non-hydrogen) atoms. The van der Waals surface area contributed by atoms with Crippen LogP contribution in [0.5, 0.6) is 11.5 Å². The summed E-state index contributed by atoms with van der Waals surface area (Å²) in [4.78, 5) is 28.6. The number of ether oxygens (including phenoxy) is 2. The Morgan fingerprint density at radius 3 is 2.45 bits per heavy atom. The number of anilines is 1. The van der Waals surface area contributed by atoms with Crippen molar-refractivity contribution in [1.29, 1.82) is 0 Å². The van der Waals surface area contributed by atoms with Gasteiger partial charge in [-0.2, -0.15) is 0 Å². The average Bonchev–Trinajstić information content (AvgIpc) is 3.37. The van der Waals surface area contributed by atoms with Crippen LogP contribution in [0, 0.1) is 0 Å². The van der Waals surface area contributed by atoms with E-state index in [2.05, 4.69) is 10.3 Å². The number of halogens is 2. The number of nitrogens with one attached hydrogen (secondary N) is 1. The lowest BCUT2D eigenvalue weighted by atomic mass is 10.1. The molecule has 194 valence electrons. The van der Waals surface area contributed by atoms with Crippen molar-refractivity contribution in [2.24, 2.45) is 0 Å². The predicted octanol–water partition coefficient (Wildman–Crippen LogP) is 7.44. The first kappa shape index (κ1) is 27.2. The van der Waals surface area contributed by atoms with Crippen molar-refractivity contribution in [2.45, 2.75) is 13.5 Å². The molecule has 0 unspecified atom stereocenters. The molecule has 3 aromatic carbocycles. The van der Waals surface area contributed by atoms with Gasteiger partial charge in [-0.25, -0.2) is 9.78 Å². The molecule has 0 aliphatic carbocycles. The Kier molecular flexibility index (Phi) is 8.68. The van der Waals surface area contributed by atoms with Gasteiger partial charge in [0.2, 0.25) is 0 Å². The van der Waals surface area contributed by atoms with E-state index in [1.165, 1.54) is 36.5 Å². The number of benzene rings is 3. The Hall–Kier alpha value is -3.85. The van der Waals surface area contributed by atoms with Crippen LogP contribution in [-0.4, -0.2) is 29.1 Å². The van der Waals surface area contributed by atoms with Gasteiger partial charge >= 0.3 is 5.97 Å². The SMILES string of the molecule is COc1c(OCc2ccccc2)cccc1-c1csc(NC(=O)c2cc(Cl)c(/C=C(\C)C(=O)O)c(Cl)c2)n1. The van der Waals surface area contributed by atoms with E-state index in [-0.39, 0.29) is 21.2 Å². The van der Waals surface area contributed by atoms with E-state index < -0.39 is 11.9 Å². The normalized spacial score (nSPS) is 11.2. The quantitative estimate of drug-likeness (QED) is 0.203. The van der Waals surface area contributed by atoms with Crippen molar-refractivity contribution in [2.75, 3.05) is 12.4 Å². The fourth-order valence-electron chi connectivity index (χ4n) is 3.53. The number of rotatable bonds is 9. The maximum atomic E-state index is 12.9. The highest BCUT2D eigenvalue weighted by Gasteiger charge is 2.18. The molecule has 1 heterocycles. The minimum absolute atomic E-state index is 0.0614. The van der Waals surface area contributed by atoms with Gasteiger partial charge in [-0.05, 0) is 42.8 Å². The molecule has 0 aliphatic rings. The van der Waals surface area contributed by atoms with Crippen LogP contribution >= 0.6 is 34.5 Å². The number of thiazole rings is 1. The fourth-order valence-corrected chi connectivity index (χ4v) is 4.83. The van der Waals surface area contributed by atoms with Crippen molar-refractivity contribution in [3.63, 3.8) is 0 Å². The first-order valence-corrected chi connectivity index (χ1v) is 12.9. The number of nitrogens with zero attached hydrogens (tertiary/aromatic N) is 1. The summed E-state index contributed by atoms with van der Waals surface area (Å²) < 4.78 is 11.6. The zero-order chi connectivity index (χ0) is 27.2. The maximum absolute atomic E-state index is 12.9. The van der Waals surface area contributed by atoms with Gasteiger partial charge in [-0.15, -0.1) is 11.3 Å². The Labute approximate surface area is 233 Å². The largest absolute Gasteiger partial charge is 0.492 e. The van der Waals surface area contributed by atoms with E-state index in [1.54, 1.807) is 12.5 Å². The minimum atomic E-state index is -1.09. The van der Waals surface area contributed by atoms with Gasteiger partial charge in [-0.3, -0.25) is 10.1 Å². The number of carboxylic acid groups (broad SMARTS) is 1. The number of aliphatic carboxylic acids is 1. The summed E-state index contributed by atoms with van der Waals surface area (Å²) in [5.41, 5.74) is 2.93. The number of carbonyl (C=O) groups excluding carboxylic acids is 1. The lowest BCUT2D eigenvalue weighted by molar-refractivity contribution is -0.132. The van der Waals surface area contributed by atoms with Crippen molar-refractivity contribution in [3.8, 4) is 22.8 Å². The van der Waals surface area contributed by atoms with Crippen LogP contribution in [0.3, 0.4) is 0 Å². The molecule has 7 nitrogen and oxygen atoms in total. The number of methoxy groups -OCH3 is 1. The first-order valence-electron chi connectivity index (χ1n) is 11.3. The highest BCUT2D eigenvalue weighted by atomic mass is 35.5. The van der Waals surface area contributed by atoms with E-state index in [1.807, 2.05) is 48.5 Å². The van der Waals surface area contributed by atoms with Gasteiger partial charge in [0.15, 0.2) is 16.6 Å². The van der Waals surface area contributed by atoms with E-state index in [9.17, 15) is 9.59 Å². The summed E-state index contributed by atoms with van der Waals surface area (Å²) in [5.74, 6) is -0.454. The summed E-state index contributed by atoms with van der Waals surface area (Å²) >= 11 is 13.8. The second-order valence-corrected chi connectivity index (χ2v) is 9.76. The number of amides is 1. The summed E-state index contributed by atoms with van der Waals surface area (Å²) in [6.45, 7) is 1.81. The third kappa shape index (κ3) is 6.34. The highest BCUT2D eigenvalue weighted by Crippen LogP contribution is 2.39. The van der Waals surface area contributed by atoms with Crippen LogP contribution in [0.25, 0.3) is 17.3 Å². The van der Waals surface area contributed by atoms with Crippen molar-refractivity contribution in [1.82, 2.24) is 4.98 Å². The van der Waals surface area contributed by atoms with Crippen LogP contribution in [0.1, 0.15) is 28.4 Å². The zero-order valence-corrected chi connectivity index (χ0v) is 22.7. The number of aromatic nitrogens is 1. The van der Waals surface area contributed by atoms with E-state index in [4.69, 9.17) is 37.8 Å². The average molecular weight is 569 g/mol. The molecule has 4 aromatic rings. The van der Waals surface area contributed by atoms with Crippen molar-refractivity contribution >= 4 is 57.6 Å². The molecule has 0 spiro atoms. The number of para-hydroxylation sites is 1. The molecule has 1 aromatic heterocycles. The van der Waals surface area contributed by atoms with Crippen molar-refractivity contribution < 1.29 is 24.2 Å². The molecule has 0 saturated heterocycles. The van der Waals surface area contributed by atoms with E-state index in [0.29, 0.717) is 40.1 Å². The van der Waals surface area contributed by atoms with Gasteiger partial charge in [0.1, 0.15) is 6.61 Å². The summed E-state index contributed by atoms with van der Waals surface area (Å²) in [7, 11) is 1.56. The van der Waals surface area contributed by atoms with Crippen LogP contribution in [0.2, 0.25) is 10.0 Å². The minimum Gasteiger partial charge on any atom is -0.492 e. The molecule has 4 rings (SSSR count). The first-order chi connectivity index (χ1) is 18.3. The number of carbonyl (C=O) groups is 2. The van der Waals surface area contributed by atoms with Crippen LogP contribution in [0.15, 0.2) is 71.6 Å². The number of hydrogen-bond donors (Lipinski definition) is 2. The number of hydrogen-bond acceptors (Lipinski definition) is 6. The molecule has 0 aliphatic heterocycles. The predicted molar refractivity (Wildman–Crippen MR) is 151 cm³/mol. The summed E-state index contributed by atoms with van der Waals surface area (Å²) in [6, 6.07) is 18.2. The highest BCUT2D eigenvalue weighted by molar-refractivity contribution is 7.14. The van der Waals surface area contributed by atoms with E-state index >= 15 is 0 Å². The molecule has 10 heteroatoms. The molecular formula is C28H22Cl2N2O5S. The summed E-state index contributed by atoms with van der Waals surface area (Å²) in [5, 5.41) is 14.3. The smallest absolute Gasteiger partial charge is 0.331 e. The molecule has 0 fully saturated rings. The van der Waals surface area contributed by atoms with Gasteiger partial charge in [0, 0.05) is 27.6 Å². The second-order valence-electron chi connectivity index (χ2n) is 8.09. The topological polar surface area (TPSA) is 97.8 Å². The Bertz CT molecular complexity index is 1500. The Balaban J connectivity index is 1.52. The maximum Gasteiger partial charge on any atom is 0.331 e. The third-order valence-electron chi connectivity index (χ3n) is 5.46. The number of carboxylic acids is 1. The fraction of sp³-hybridized carbons (Fsp3) is 0.107. The third-order valence-corrected chi connectivity index (χ3v) is 6.84. The van der Waals surface area contributed by atoms with Crippen LogP contribution < -0.4 is 14.8 Å². The van der Waals surface area contributed by atoms with Gasteiger partial charge < -0.3 is 14.6 Å². The van der Waals surface area contributed by atoms with Gasteiger partial charge in [0.05, 0.1) is 22.8 Å². The van der Waals surface area contributed by atoms with Gasteiger partial charge in [-0.1, -0.05) is 59.6 Å². The van der Waals surface area contributed by atoms with Crippen LogP contribution in [-0.2, 0) is 11.4 Å². The molecule has 0 saturated carbocycles. The lowest BCUT2D eigenvalue weighted by Gasteiger charge is -2.13. The summed E-state index contributed by atoms with van der Waals surface area (Å²) in [6.07, 6.45) is 1.35. The van der Waals surface area contributed by atoms with Gasteiger partial charge in [0.25, 0.3) is 5.91 Å². The lowest BCUT2D eigenvalue weighted by Crippen LogP contribution is -2.12. The standard InChI is InChI=1S/C28H22Cl2N2O5S/c1-16(27(34)35)11-20-21(29)12-18(13-22(20)30)26(33)32-28-31-23(15-38-28)19-9-6-10-24(25(19)36-2)37-14-17-7-4-3-5-8-17/h3-13,15H,14H2,1-2H3,(H,34,35)(H,31,32,33)/b16-11+. The Morgan fingerprint density at radius 1 is 1.08 bits per heavy atom. The van der Waals surface area contributed by atoms with E-state index in [0.717, 1.165) is 5.56 Å². The molecule has 0 atom stereocenters. The molecule has 0 bridgehead atoms. The second kappa shape index (κ2) is 12.1. The monoisotopic (exact) mass is 568 g/mol. The molecule has 1 amide bonds. The molecular weight excluding hydrogens is 547 g/mol. The Morgan fingerprint density at radius 2 is 1.79 bits per heavy atom. The van der Waals surface area contributed by atoms with Crippen LogP contribution in [0.4, 0.5) is 5.13 Å². The molecule has 2 N–H and O–H groups in total.